The molecule has 0 bridgehead atoms. The largest absolute Gasteiger partial charge is 0.481 e. The minimum atomic E-state index is -0.771. The van der Waals surface area contributed by atoms with E-state index in [1.54, 1.807) is 0 Å². The lowest BCUT2D eigenvalue weighted by Crippen LogP contribution is -1.97. The second kappa shape index (κ2) is 4.79. The van der Waals surface area contributed by atoms with Crippen molar-refractivity contribution in [1.29, 1.82) is 0 Å². The number of carboxylic acid groups (broad SMARTS) is 1. The molecule has 0 fully saturated rings. The topological polar surface area (TPSA) is 55.1 Å². The maximum atomic E-state index is 10.4. The van der Waals surface area contributed by atoms with Crippen molar-refractivity contribution in [2.45, 2.75) is 39.7 Å². The lowest BCUT2D eigenvalue weighted by molar-refractivity contribution is -0.136. The van der Waals surface area contributed by atoms with Gasteiger partial charge in [0.25, 0.3) is 0 Å². The van der Waals surface area contributed by atoms with Crippen LogP contribution in [-0.4, -0.2) is 20.6 Å². The number of hydrogen-bond acceptors (Lipinski definition) is 2. The average molecular weight is 196 g/mol. The molecule has 1 N–H and O–H groups in total. The second-order valence-electron chi connectivity index (χ2n) is 3.37. The highest BCUT2D eigenvalue weighted by atomic mass is 16.4. The summed E-state index contributed by atoms with van der Waals surface area (Å²) in [5.74, 6) is 0.194. The van der Waals surface area contributed by atoms with Crippen LogP contribution in [0.2, 0.25) is 0 Å². The lowest BCUT2D eigenvalue weighted by atomic mass is 10.2. The number of aryl methyl sites for hydroxylation is 3. The smallest absolute Gasteiger partial charge is 0.303 e. The molecule has 1 aromatic rings. The Labute approximate surface area is 83.6 Å². The fourth-order valence-corrected chi connectivity index (χ4v) is 1.40. The molecule has 0 aromatic carbocycles. The van der Waals surface area contributed by atoms with Crippen LogP contribution in [0.3, 0.4) is 0 Å². The Bertz CT molecular complexity index is 318. The van der Waals surface area contributed by atoms with Crippen molar-refractivity contribution in [2.24, 2.45) is 0 Å². The third-order valence-corrected chi connectivity index (χ3v) is 2.09. The standard InChI is InChI=1S/C10H16N2O2/c1-3-6-12-7-9(11-8(12)2)4-5-10(13)14/h7H,3-6H2,1-2H3,(H,13,14). The Balaban J connectivity index is 2.61. The first-order valence-electron chi connectivity index (χ1n) is 4.88. The van der Waals surface area contributed by atoms with Crippen LogP contribution in [0.1, 0.15) is 31.3 Å². The van der Waals surface area contributed by atoms with Crippen LogP contribution in [0.5, 0.6) is 0 Å². The zero-order valence-corrected chi connectivity index (χ0v) is 8.66. The Morgan fingerprint density at radius 1 is 1.64 bits per heavy atom. The van der Waals surface area contributed by atoms with Gasteiger partial charge in [-0.2, -0.15) is 0 Å². The van der Waals surface area contributed by atoms with Gasteiger partial charge in [0, 0.05) is 19.2 Å². The Hall–Kier alpha value is -1.32. The monoisotopic (exact) mass is 196 g/mol. The SMILES string of the molecule is CCCn1cc(CCC(=O)O)nc1C. The van der Waals surface area contributed by atoms with Gasteiger partial charge in [-0.1, -0.05) is 6.92 Å². The van der Waals surface area contributed by atoms with Crippen LogP contribution in [0.4, 0.5) is 0 Å². The number of imidazole rings is 1. The van der Waals surface area contributed by atoms with Gasteiger partial charge < -0.3 is 9.67 Å². The van der Waals surface area contributed by atoms with Crippen molar-refractivity contribution >= 4 is 5.97 Å². The average Bonchev–Trinajstić information content (AvgIpc) is 2.45. The molecular weight excluding hydrogens is 180 g/mol. The van der Waals surface area contributed by atoms with Crippen LogP contribution >= 0.6 is 0 Å². The summed E-state index contributed by atoms with van der Waals surface area (Å²) in [5.41, 5.74) is 0.873. The number of rotatable bonds is 5. The zero-order valence-electron chi connectivity index (χ0n) is 8.66. The van der Waals surface area contributed by atoms with Gasteiger partial charge in [0.05, 0.1) is 12.1 Å². The van der Waals surface area contributed by atoms with Gasteiger partial charge in [-0.3, -0.25) is 4.79 Å². The minimum absolute atomic E-state index is 0.155. The molecule has 0 aliphatic rings. The van der Waals surface area contributed by atoms with Crippen molar-refractivity contribution in [3.05, 3.63) is 17.7 Å². The van der Waals surface area contributed by atoms with E-state index in [9.17, 15) is 4.79 Å². The van der Waals surface area contributed by atoms with Crippen molar-refractivity contribution < 1.29 is 9.90 Å². The maximum Gasteiger partial charge on any atom is 0.303 e. The quantitative estimate of drug-likeness (QED) is 0.778. The predicted octanol–water partition coefficient (Wildman–Crippen LogP) is 1.62. The minimum Gasteiger partial charge on any atom is -0.481 e. The van der Waals surface area contributed by atoms with Crippen molar-refractivity contribution in [1.82, 2.24) is 9.55 Å². The van der Waals surface area contributed by atoms with E-state index in [0.29, 0.717) is 6.42 Å². The third kappa shape index (κ3) is 2.87. The molecule has 0 atom stereocenters. The molecule has 1 heterocycles. The van der Waals surface area contributed by atoms with Crippen molar-refractivity contribution in [3.63, 3.8) is 0 Å². The van der Waals surface area contributed by atoms with E-state index >= 15 is 0 Å². The van der Waals surface area contributed by atoms with Crippen LogP contribution in [0.25, 0.3) is 0 Å². The molecule has 4 nitrogen and oxygen atoms in total. The summed E-state index contributed by atoms with van der Waals surface area (Å²) >= 11 is 0. The molecule has 4 heteroatoms. The van der Waals surface area contributed by atoms with Gasteiger partial charge in [0.2, 0.25) is 0 Å². The molecule has 0 saturated carbocycles. The second-order valence-corrected chi connectivity index (χ2v) is 3.37. The van der Waals surface area contributed by atoms with E-state index in [1.807, 2.05) is 13.1 Å². The maximum absolute atomic E-state index is 10.4. The third-order valence-electron chi connectivity index (χ3n) is 2.09. The summed E-state index contributed by atoms with van der Waals surface area (Å²) < 4.78 is 2.07. The summed E-state index contributed by atoms with van der Waals surface area (Å²) in [7, 11) is 0. The summed E-state index contributed by atoms with van der Waals surface area (Å²) in [6.45, 7) is 5.00. The zero-order chi connectivity index (χ0) is 10.6. The highest BCUT2D eigenvalue weighted by Crippen LogP contribution is 2.05. The number of aromatic nitrogens is 2. The predicted molar refractivity (Wildman–Crippen MR) is 53.2 cm³/mol. The fraction of sp³-hybridized carbons (Fsp3) is 0.600. The van der Waals surface area contributed by atoms with Gasteiger partial charge in [-0.15, -0.1) is 0 Å². The number of carbonyl (C=O) groups is 1. The van der Waals surface area contributed by atoms with E-state index in [4.69, 9.17) is 5.11 Å². The van der Waals surface area contributed by atoms with Gasteiger partial charge >= 0.3 is 5.97 Å². The first kappa shape index (κ1) is 10.8. The molecule has 1 aromatic heterocycles. The normalized spacial score (nSPS) is 10.4. The number of aliphatic carboxylic acids is 1. The molecule has 0 radical (unpaired) electrons. The van der Waals surface area contributed by atoms with Gasteiger partial charge in [-0.25, -0.2) is 4.98 Å². The summed E-state index contributed by atoms with van der Waals surface area (Å²) in [6, 6.07) is 0. The van der Waals surface area contributed by atoms with Crippen LogP contribution in [0.15, 0.2) is 6.20 Å². The van der Waals surface area contributed by atoms with E-state index in [1.165, 1.54) is 0 Å². The first-order valence-corrected chi connectivity index (χ1v) is 4.88. The van der Waals surface area contributed by atoms with E-state index in [-0.39, 0.29) is 6.42 Å². The lowest BCUT2D eigenvalue weighted by Gasteiger charge is -1.99. The van der Waals surface area contributed by atoms with E-state index in [0.717, 1.165) is 24.5 Å². The summed E-state index contributed by atoms with van der Waals surface area (Å²) in [4.78, 5) is 14.7. The van der Waals surface area contributed by atoms with Crippen LogP contribution in [-0.2, 0) is 17.8 Å². The molecule has 0 aliphatic carbocycles. The first-order chi connectivity index (χ1) is 6.63. The van der Waals surface area contributed by atoms with E-state index < -0.39 is 5.97 Å². The van der Waals surface area contributed by atoms with E-state index in [2.05, 4.69) is 16.5 Å². The number of hydrogen-bond donors (Lipinski definition) is 1. The number of nitrogens with zero attached hydrogens (tertiary/aromatic N) is 2. The van der Waals surface area contributed by atoms with Gasteiger partial charge in [-0.05, 0) is 13.3 Å². The van der Waals surface area contributed by atoms with Crippen LogP contribution < -0.4 is 0 Å². The molecule has 0 amide bonds. The molecule has 78 valence electrons. The molecular formula is C10H16N2O2. The highest BCUT2D eigenvalue weighted by Gasteiger charge is 2.05. The summed E-state index contributed by atoms with van der Waals surface area (Å²) in [5, 5.41) is 8.52. The molecule has 14 heavy (non-hydrogen) atoms. The Morgan fingerprint density at radius 2 is 2.36 bits per heavy atom. The molecule has 0 spiro atoms. The fourth-order valence-electron chi connectivity index (χ4n) is 1.40. The highest BCUT2D eigenvalue weighted by molar-refractivity contribution is 5.66. The van der Waals surface area contributed by atoms with Crippen molar-refractivity contribution in [2.75, 3.05) is 0 Å². The molecule has 0 unspecified atom stereocenters. The van der Waals surface area contributed by atoms with Gasteiger partial charge in [0.15, 0.2) is 0 Å². The van der Waals surface area contributed by atoms with Crippen molar-refractivity contribution in [3.8, 4) is 0 Å². The number of carboxylic acids is 1. The molecule has 0 aliphatic heterocycles. The van der Waals surface area contributed by atoms with Gasteiger partial charge in [0.1, 0.15) is 5.82 Å². The molecule has 0 saturated heterocycles. The van der Waals surface area contributed by atoms with Crippen LogP contribution in [0, 0.1) is 6.92 Å². The Morgan fingerprint density at radius 3 is 2.93 bits per heavy atom. The molecule has 1 rings (SSSR count). The Kier molecular flexibility index (Phi) is 3.68. The summed E-state index contributed by atoms with van der Waals surface area (Å²) in [6.07, 6.45) is 3.69.